The van der Waals surface area contributed by atoms with Crippen molar-refractivity contribution in [3.8, 4) is 5.75 Å². The molecule has 0 amide bonds. The van der Waals surface area contributed by atoms with Gasteiger partial charge in [-0.25, -0.2) is 0 Å². The molecule has 0 fully saturated rings. The first-order chi connectivity index (χ1) is 13.0. The van der Waals surface area contributed by atoms with Crippen LogP contribution >= 0.6 is 11.6 Å². The molecule has 1 N–H and O–H groups in total. The van der Waals surface area contributed by atoms with E-state index in [1.165, 1.54) is 5.56 Å². The van der Waals surface area contributed by atoms with Crippen LogP contribution in [0.5, 0.6) is 5.75 Å². The molecular formula is C20H21ClN2O4. The number of nitrogens with zero attached hydrogens (tertiary/aromatic N) is 2. The average molecular weight is 389 g/mol. The lowest BCUT2D eigenvalue weighted by atomic mass is 10.1. The second-order valence-electron chi connectivity index (χ2n) is 6.45. The van der Waals surface area contributed by atoms with Crippen LogP contribution in [0.1, 0.15) is 37.2 Å². The van der Waals surface area contributed by atoms with Gasteiger partial charge in [-0.15, -0.1) is 0 Å². The highest BCUT2D eigenvalue weighted by atomic mass is 35.5. The summed E-state index contributed by atoms with van der Waals surface area (Å²) in [6.07, 6.45) is 3.63. The van der Waals surface area contributed by atoms with E-state index in [0.717, 1.165) is 12.1 Å². The number of aliphatic carboxylic acids is 1. The van der Waals surface area contributed by atoms with Crippen LogP contribution < -0.4 is 4.74 Å². The third-order valence-corrected chi connectivity index (χ3v) is 4.59. The number of hydrogen-bond acceptors (Lipinski definition) is 5. The molecule has 0 saturated carbocycles. The summed E-state index contributed by atoms with van der Waals surface area (Å²) in [4.78, 5) is 15.2. The van der Waals surface area contributed by atoms with Crippen LogP contribution in [0.3, 0.4) is 0 Å². The van der Waals surface area contributed by atoms with E-state index < -0.39 is 5.97 Å². The maximum atomic E-state index is 10.7. The Morgan fingerprint density at radius 2 is 2.19 bits per heavy atom. The molecule has 0 aliphatic carbocycles. The van der Waals surface area contributed by atoms with Gasteiger partial charge in [0.05, 0.1) is 17.1 Å². The Morgan fingerprint density at radius 3 is 2.85 bits per heavy atom. The summed E-state index contributed by atoms with van der Waals surface area (Å²) in [6.45, 7) is 4.05. The second-order valence-corrected chi connectivity index (χ2v) is 6.85. The van der Waals surface area contributed by atoms with Crippen molar-refractivity contribution in [2.24, 2.45) is 0 Å². The quantitative estimate of drug-likeness (QED) is 0.612. The van der Waals surface area contributed by atoms with Crippen molar-refractivity contribution in [2.45, 2.75) is 45.6 Å². The Kier molecular flexibility index (Phi) is 5.96. The van der Waals surface area contributed by atoms with Crippen molar-refractivity contribution in [2.75, 3.05) is 0 Å². The smallest absolute Gasteiger partial charge is 0.303 e. The van der Waals surface area contributed by atoms with Crippen LogP contribution in [0.25, 0.3) is 11.0 Å². The molecule has 142 valence electrons. The fraction of sp³-hybridized carbons (Fsp3) is 0.350. The molecule has 0 bridgehead atoms. The molecule has 6 nitrogen and oxygen atoms in total. The fourth-order valence-corrected chi connectivity index (χ4v) is 3.03. The van der Waals surface area contributed by atoms with Gasteiger partial charge in [0.25, 0.3) is 0 Å². The maximum Gasteiger partial charge on any atom is 0.303 e. The van der Waals surface area contributed by atoms with Crippen molar-refractivity contribution >= 4 is 28.5 Å². The minimum atomic E-state index is -0.883. The Hall–Kier alpha value is -2.60. The third kappa shape index (κ3) is 4.77. The molecule has 0 spiro atoms. The Labute approximate surface area is 162 Å². The van der Waals surface area contributed by atoms with Crippen molar-refractivity contribution in [1.29, 1.82) is 0 Å². The minimum absolute atomic E-state index is 0.0155. The van der Waals surface area contributed by atoms with Gasteiger partial charge in [0.2, 0.25) is 0 Å². The van der Waals surface area contributed by atoms with Crippen molar-refractivity contribution in [3.63, 3.8) is 0 Å². The molecule has 27 heavy (non-hydrogen) atoms. The molecule has 2 heterocycles. The van der Waals surface area contributed by atoms with Gasteiger partial charge in [0.15, 0.2) is 5.58 Å². The van der Waals surface area contributed by atoms with E-state index in [1.54, 1.807) is 12.1 Å². The summed E-state index contributed by atoms with van der Waals surface area (Å²) < 4.78 is 11.3. The van der Waals surface area contributed by atoms with Gasteiger partial charge < -0.3 is 14.4 Å². The number of hydrogen-bond donors (Lipinski definition) is 1. The van der Waals surface area contributed by atoms with E-state index in [-0.39, 0.29) is 18.9 Å². The van der Waals surface area contributed by atoms with Crippen molar-refractivity contribution in [3.05, 3.63) is 52.4 Å². The van der Waals surface area contributed by atoms with Gasteiger partial charge >= 0.3 is 5.97 Å². The van der Waals surface area contributed by atoms with Gasteiger partial charge in [0, 0.05) is 36.2 Å². The number of fused-ring (bicyclic) bond motifs is 1. The highest BCUT2D eigenvalue weighted by molar-refractivity contribution is 6.32. The lowest BCUT2D eigenvalue weighted by Crippen LogP contribution is -2.16. The van der Waals surface area contributed by atoms with Gasteiger partial charge in [-0.1, -0.05) is 29.7 Å². The summed E-state index contributed by atoms with van der Waals surface area (Å²) in [5.74, 6) is -0.380. The average Bonchev–Trinajstić information content (AvgIpc) is 3.02. The van der Waals surface area contributed by atoms with Gasteiger partial charge in [-0.2, -0.15) is 0 Å². The number of carbonyl (C=O) groups is 1. The number of ether oxygens (including phenoxy) is 1. The minimum Gasteiger partial charge on any atom is -0.489 e. The number of rotatable bonds is 8. The molecule has 3 aromatic rings. The molecule has 3 rings (SSSR count). The molecule has 0 radical (unpaired) electrons. The van der Waals surface area contributed by atoms with Crippen molar-refractivity contribution in [1.82, 2.24) is 10.1 Å². The standard InChI is InChI=1S/C20H21ClN2O4/c1-3-13-4-5-14(22-11-13)8-12(2)26-19-10-18-15(9-16(19)21)17(23-27-18)6-7-20(24)25/h4-5,9-12H,3,6-8H2,1-2H3,(H,24,25). The predicted octanol–water partition coefficient (Wildman–Crippen LogP) is 4.47. The van der Waals surface area contributed by atoms with E-state index in [2.05, 4.69) is 23.1 Å². The Morgan fingerprint density at radius 1 is 1.37 bits per heavy atom. The zero-order chi connectivity index (χ0) is 19.4. The van der Waals surface area contributed by atoms with Crippen LogP contribution in [-0.4, -0.2) is 27.3 Å². The number of aromatic nitrogens is 2. The van der Waals surface area contributed by atoms with Crippen LogP contribution in [-0.2, 0) is 24.1 Å². The highest BCUT2D eigenvalue weighted by Crippen LogP contribution is 2.33. The number of pyridine rings is 1. The molecule has 0 aliphatic heterocycles. The van der Waals surface area contributed by atoms with E-state index in [9.17, 15) is 4.79 Å². The molecular weight excluding hydrogens is 368 g/mol. The Balaban J connectivity index is 1.72. The predicted molar refractivity (Wildman–Crippen MR) is 102 cm³/mol. The van der Waals surface area contributed by atoms with Crippen LogP contribution in [0, 0.1) is 0 Å². The molecule has 1 unspecified atom stereocenters. The summed E-state index contributed by atoms with van der Waals surface area (Å²) in [5, 5.41) is 13.9. The Bertz CT molecular complexity index is 937. The first-order valence-electron chi connectivity index (χ1n) is 8.86. The van der Waals surface area contributed by atoms with Gasteiger partial charge in [0.1, 0.15) is 11.9 Å². The number of halogens is 1. The largest absolute Gasteiger partial charge is 0.489 e. The number of benzene rings is 1. The maximum absolute atomic E-state index is 10.7. The molecule has 1 aromatic carbocycles. The van der Waals surface area contributed by atoms with E-state index in [1.807, 2.05) is 19.2 Å². The number of carboxylic acid groups (broad SMARTS) is 1. The molecule has 0 saturated heterocycles. The van der Waals surface area contributed by atoms with Gasteiger partial charge in [-0.05, 0) is 31.0 Å². The van der Waals surface area contributed by atoms with E-state index in [4.69, 9.17) is 26.0 Å². The monoisotopic (exact) mass is 388 g/mol. The normalized spacial score (nSPS) is 12.3. The number of carboxylic acids is 1. The SMILES string of the molecule is CCc1ccc(CC(C)Oc2cc3onc(CCC(=O)O)c3cc2Cl)nc1. The van der Waals surface area contributed by atoms with Crippen molar-refractivity contribution < 1.29 is 19.2 Å². The summed E-state index contributed by atoms with van der Waals surface area (Å²) >= 11 is 6.36. The second kappa shape index (κ2) is 8.39. The zero-order valence-electron chi connectivity index (χ0n) is 15.2. The summed E-state index contributed by atoms with van der Waals surface area (Å²) in [7, 11) is 0. The summed E-state index contributed by atoms with van der Waals surface area (Å²) in [6, 6.07) is 7.48. The summed E-state index contributed by atoms with van der Waals surface area (Å²) in [5.41, 5.74) is 3.25. The molecule has 2 aromatic heterocycles. The van der Waals surface area contributed by atoms with E-state index >= 15 is 0 Å². The zero-order valence-corrected chi connectivity index (χ0v) is 16.0. The lowest BCUT2D eigenvalue weighted by molar-refractivity contribution is -0.136. The van der Waals surface area contributed by atoms with E-state index in [0.29, 0.717) is 33.9 Å². The molecule has 1 atom stereocenters. The lowest BCUT2D eigenvalue weighted by Gasteiger charge is -2.15. The van der Waals surface area contributed by atoms with Crippen LogP contribution in [0.2, 0.25) is 5.02 Å². The van der Waals surface area contributed by atoms with Crippen LogP contribution in [0.15, 0.2) is 35.0 Å². The fourth-order valence-electron chi connectivity index (χ4n) is 2.82. The molecule has 0 aliphatic rings. The highest BCUT2D eigenvalue weighted by Gasteiger charge is 2.16. The van der Waals surface area contributed by atoms with Gasteiger partial charge in [-0.3, -0.25) is 9.78 Å². The number of aryl methyl sites for hydroxylation is 2. The molecule has 7 heteroatoms. The first kappa shape index (κ1) is 19.2. The van der Waals surface area contributed by atoms with Crippen LogP contribution in [0.4, 0.5) is 0 Å². The third-order valence-electron chi connectivity index (χ3n) is 4.29. The topological polar surface area (TPSA) is 85.5 Å². The first-order valence-corrected chi connectivity index (χ1v) is 9.24.